The molecule has 0 saturated carbocycles. The lowest BCUT2D eigenvalue weighted by molar-refractivity contribution is 1.17. The van der Waals surface area contributed by atoms with Crippen LogP contribution in [0.25, 0.3) is 98.8 Å². The number of hydrogen-bond acceptors (Lipinski definition) is 2. The first kappa shape index (κ1) is 49.6. The van der Waals surface area contributed by atoms with Gasteiger partial charge in [0.1, 0.15) is 0 Å². The molecule has 4 nitrogen and oxygen atoms in total. The van der Waals surface area contributed by atoms with Crippen LogP contribution in [0.1, 0.15) is 27.8 Å². The van der Waals surface area contributed by atoms with E-state index in [4.69, 9.17) is 0 Å². The number of anilines is 6. The molecule has 0 fully saturated rings. The van der Waals surface area contributed by atoms with Gasteiger partial charge in [-0.3, -0.25) is 0 Å². The zero-order chi connectivity index (χ0) is 55.9. The average Bonchev–Trinajstić information content (AvgIpc) is 3.90. The molecule has 0 aliphatic rings. The maximum absolute atomic E-state index is 2.40. The second-order valence-corrected chi connectivity index (χ2v) is 22.6. The van der Waals surface area contributed by atoms with Gasteiger partial charge >= 0.3 is 0 Å². The van der Waals surface area contributed by atoms with Gasteiger partial charge < -0.3 is 18.9 Å². The third-order valence-electron chi connectivity index (χ3n) is 16.9. The zero-order valence-corrected chi connectivity index (χ0v) is 47.3. The van der Waals surface area contributed by atoms with Crippen LogP contribution in [0, 0.1) is 34.6 Å². The van der Waals surface area contributed by atoms with Crippen LogP contribution in [-0.4, -0.2) is 9.13 Å². The summed E-state index contributed by atoms with van der Waals surface area (Å²) in [5.74, 6) is 0. The SMILES string of the molecule is Cc1ccc2c(-c3ccc(N(c4ccccc4)c4ccc(-n5c6ccc(C)cc6c6cc(C)ccc65)cc4)cc3)c3ccccc3c(-c3ccc(N(c4ccccc4)c4ccc(-n5c6ccc(C)cc6c6cc(C)ccc65)cc4)cc3)c2c1. The quantitative estimate of drug-likeness (QED) is 0.127. The Kier molecular flexibility index (Phi) is 11.9. The number of aromatic nitrogens is 2. The first-order chi connectivity index (χ1) is 40.7. The Labute approximate surface area is 484 Å². The van der Waals surface area contributed by atoms with E-state index >= 15 is 0 Å². The molecule has 0 bridgehead atoms. The highest BCUT2D eigenvalue weighted by Gasteiger charge is 2.22. The van der Waals surface area contributed by atoms with Crippen LogP contribution < -0.4 is 9.80 Å². The van der Waals surface area contributed by atoms with Crippen LogP contribution in [0.4, 0.5) is 34.1 Å². The summed E-state index contributed by atoms with van der Waals surface area (Å²) in [4.78, 5) is 4.72. The van der Waals surface area contributed by atoms with E-state index in [-0.39, 0.29) is 0 Å². The predicted molar refractivity (Wildman–Crippen MR) is 354 cm³/mol. The van der Waals surface area contributed by atoms with Crippen molar-refractivity contribution in [1.29, 1.82) is 0 Å². The summed E-state index contributed by atoms with van der Waals surface area (Å²) < 4.78 is 4.81. The molecule has 2 aromatic heterocycles. The molecular formula is C79H60N4. The number of nitrogens with zero attached hydrogens (tertiary/aromatic N) is 4. The summed E-state index contributed by atoms with van der Waals surface area (Å²) in [7, 11) is 0. The Balaban J connectivity index is 0.791. The van der Waals surface area contributed by atoms with Crippen molar-refractivity contribution in [3.8, 4) is 33.6 Å². The maximum atomic E-state index is 2.40. The molecule has 0 aliphatic heterocycles. The Bertz CT molecular complexity index is 4860. The third-order valence-corrected chi connectivity index (χ3v) is 16.9. The third kappa shape index (κ3) is 8.53. The minimum absolute atomic E-state index is 1.09. The van der Waals surface area contributed by atoms with Crippen LogP contribution in [0.5, 0.6) is 0 Å². The van der Waals surface area contributed by atoms with E-state index in [0.29, 0.717) is 0 Å². The Morgan fingerprint density at radius 1 is 0.217 bits per heavy atom. The molecular weight excluding hydrogens is 1000 g/mol. The van der Waals surface area contributed by atoms with Crippen LogP contribution in [0.2, 0.25) is 0 Å². The van der Waals surface area contributed by atoms with Gasteiger partial charge in [-0.25, -0.2) is 0 Å². The van der Waals surface area contributed by atoms with Crippen molar-refractivity contribution in [2.75, 3.05) is 9.80 Å². The lowest BCUT2D eigenvalue weighted by Crippen LogP contribution is -2.10. The molecule has 4 heteroatoms. The van der Waals surface area contributed by atoms with Gasteiger partial charge in [0.05, 0.1) is 22.1 Å². The smallest absolute Gasteiger partial charge is 0.0541 e. The minimum Gasteiger partial charge on any atom is -0.311 e. The largest absolute Gasteiger partial charge is 0.311 e. The molecule has 15 rings (SSSR count). The van der Waals surface area contributed by atoms with Crippen molar-refractivity contribution in [3.05, 3.63) is 301 Å². The molecule has 0 radical (unpaired) electrons. The van der Waals surface area contributed by atoms with Gasteiger partial charge in [-0.1, -0.05) is 155 Å². The van der Waals surface area contributed by atoms with Gasteiger partial charge in [-0.2, -0.15) is 0 Å². The molecule has 0 aliphatic carbocycles. The minimum atomic E-state index is 1.09. The number of para-hydroxylation sites is 2. The van der Waals surface area contributed by atoms with Gasteiger partial charge in [-0.15, -0.1) is 0 Å². The van der Waals surface area contributed by atoms with Crippen molar-refractivity contribution in [1.82, 2.24) is 9.13 Å². The summed E-state index contributed by atoms with van der Waals surface area (Å²) in [6.45, 7) is 10.9. The second-order valence-electron chi connectivity index (χ2n) is 22.6. The van der Waals surface area contributed by atoms with E-state index in [1.165, 1.54) is 115 Å². The molecule has 2 heterocycles. The van der Waals surface area contributed by atoms with Crippen molar-refractivity contribution in [2.45, 2.75) is 34.6 Å². The van der Waals surface area contributed by atoms with E-state index in [2.05, 4.69) is 327 Å². The molecule has 0 saturated heterocycles. The van der Waals surface area contributed by atoms with Gasteiger partial charge in [-0.05, 0) is 224 Å². The normalized spacial score (nSPS) is 11.7. The fourth-order valence-electron chi connectivity index (χ4n) is 13.1. The summed E-state index contributed by atoms with van der Waals surface area (Å²) in [5.41, 5.74) is 24.8. The molecule has 83 heavy (non-hydrogen) atoms. The van der Waals surface area contributed by atoms with Gasteiger partial charge in [0.25, 0.3) is 0 Å². The number of hydrogen-bond donors (Lipinski definition) is 0. The lowest BCUT2D eigenvalue weighted by Gasteiger charge is -2.26. The highest BCUT2D eigenvalue weighted by Crippen LogP contribution is 2.47. The van der Waals surface area contributed by atoms with E-state index in [1.807, 2.05) is 0 Å². The molecule has 0 N–H and O–H groups in total. The standard InChI is InChI=1S/C79H60N4/c1-51-20-41-68-73(50-51)79(57-27-31-61(32-28-57)81(59-16-10-7-11-17-59)63-35-39-65(40-36-63)83-76-44-23-54(4)48-71(76)72-49-55(5)24-45-77(72)83)67-19-13-12-18-66(67)78(68)56-25-29-60(30-26-56)80(58-14-8-6-9-15-58)62-33-37-64(38-34-62)82-74-42-21-52(2)46-69(74)70-47-53(3)22-43-75(70)82/h6-50H,1-5H3. The van der Waals surface area contributed by atoms with E-state index in [1.54, 1.807) is 0 Å². The van der Waals surface area contributed by atoms with Crippen LogP contribution in [0.3, 0.4) is 0 Å². The number of benzene rings is 13. The molecule has 0 spiro atoms. The molecule has 0 amide bonds. The lowest BCUT2D eigenvalue weighted by atomic mass is 9.85. The molecule has 396 valence electrons. The van der Waals surface area contributed by atoms with Crippen molar-refractivity contribution < 1.29 is 0 Å². The molecule has 13 aromatic carbocycles. The topological polar surface area (TPSA) is 16.3 Å². The number of fused-ring (bicyclic) bond motifs is 8. The fraction of sp³-hybridized carbons (Fsp3) is 0.0633. The first-order valence-electron chi connectivity index (χ1n) is 28.8. The van der Waals surface area contributed by atoms with Gasteiger partial charge in [0, 0.05) is 67.0 Å². The van der Waals surface area contributed by atoms with Crippen molar-refractivity contribution in [3.63, 3.8) is 0 Å². The van der Waals surface area contributed by atoms with Crippen molar-refractivity contribution >= 4 is 99.3 Å². The molecule has 0 atom stereocenters. The number of rotatable bonds is 10. The van der Waals surface area contributed by atoms with Crippen LogP contribution in [-0.2, 0) is 0 Å². The van der Waals surface area contributed by atoms with E-state index < -0.39 is 0 Å². The van der Waals surface area contributed by atoms with Gasteiger partial charge in [0.15, 0.2) is 0 Å². The van der Waals surface area contributed by atoms with Gasteiger partial charge in [0.2, 0.25) is 0 Å². The highest BCUT2D eigenvalue weighted by atomic mass is 15.1. The second kappa shape index (κ2) is 20.0. The molecule has 0 unspecified atom stereocenters. The monoisotopic (exact) mass is 1060 g/mol. The summed E-state index contributed by atoms with van der Waals surface area (Å²) >= 11 is 0. The first-order valence-corrected chi connectivity index (χ1v) is 28.8. The zero-order valence-electron chi connectivity index (χ0n) is 47.3. The van der Waals surface area contributed by atoms with Crippen LogP contribution >= 0.6 is 0 Å². The average molecular weight is 1070 g/mol. The van der Waals surface area contributed by atoms with E-state index in [0.717, 1.165) is 45.5 Å². The van der Waals surface area contributed by atoms with Crippen LogP contribution in [0.15, 0.2) is 273 Å². The summed E-state index contributed by atoms with van der Waals surface area (Å²) in [6.07, 6.45) is 0. The Hall–Kier alpha value is -10.4. The predicted octanol–water partition coefficient (Wildman–Crippen LogP) is 22.0. The highest BCUT2D eigenvalue weighted by molar-refractivity contribution is 6.22. The van der Waals surface area contributed by atoms with E-state index in [9.17, 15) is 0 Å². The Morgan fingerprint density at radius 3 is 0.831 bits per heavy atom. The summed E-state index contributed by atoms with van der Waals surface area (Å²) in [6, 6.07) is 101. The summed E-state index contributed by atoms with van der Waals surface area (Å²) in [5, 5.41) is 10.0. The van der Waals surface area contributed by atoms with Crippen molar-refractivity contribution in [2.24, 2.45) is 0 Å². The Morgan fingerprint density at radius 2 is 0.482 bits per heavy atom. The fourth-order valence-corrected chi connectivity index (χ4v) is 13.1. The molecule has 15 aromatic rings. The number of aryl methyl sites for hydroxylation is 5. The maximum Gasteiger partial charge on any atom is 0.0541 e.